The van der Waals surface area contributed by atoms with E-state index in [2.05, 4.69) is 22.8 Å². The number of halogens is 1. The van der Waals surface area contributed by atoms with Gasteiger partial charge in [0.1, 0.15) is 6.61 Å². The molecule has 0 bridgehead atoms. The van der Waals surface area contributed by atoms with Gasteiger partial charge in [0.15, 0.2) is 22.5 Å². The molecule has 1 aromatic heterocycles. The van der Waals surface area contributed by atoms with Crippen LogP contribution >= 0.6 is 11.8 Å². The van der Waals surface area contributed by atoms with Gasteiger partial charge < -0.3 is 4.74 Å². The van der Waals surface area contributed by atoms with Crippen molar-refractivity contribution in [3.63, 3.8) is 0 Å². The molecule has 2 aromatic rings. The molecule has 0 fully saturated rings. The number of hydrogen-bond acceptors (Lipinski definition) is 5. The van der Waals surface area contributed by atoms with Gasteiger partial charge in [-0.25, -0.2) is 4.39 Å². The minimum Gasteiger partial charge on any atom is -0.483 e. The number of nitriles is 1. The van der Waals surface area contributed by atoms with Crippen LogP contribution < -0.4 is 4.74 Å². The normalized spacial score (nSPS) is 10.2. The molecule has 0 saturated carbocycles. The van der Waals surface area contributed by atoms with Crippen molar-refractivity contribution in [3.8, 4) is 11.8 Å². The number of benzene rings is 1. The molecule has 1 aromatic carbocycles. The largest absolute Gasteiger partial charge is 0.483 e. The van der Waals surface area contributed by atoms with Crippen molar-refractivity contribution in [1.82, 2.24) is 14.8 Å². The van der Waals surface area contributed by atoms with Crippen LogP contribution in [-0.2, 0) is 13.2 Å². The summed E-state index contributed by atoms with van der Waals surface area (Å²) in [5.74, 6) is 0.984. The summed E-state index contributed by atoms with van der Waals surface area (Å²) < 4.78 is 20.8. The van der Waals surface area contributed by atoms with E-state index in [1.54, 1.807) is 24.3 Å². The van der Waals surface area contributed by atoms with Crippen LogP contribution in [0, 0.1) is 17.1 Å². The Morgan fingerprint density at radius 2 is 2.23 bits per heavy atom. The second-order valence-electron chi connectivity index (χ2n) is 4.27. The van der Waals surface area contributed by atoms with E-state index in [0.717, 1.165) is 0 Å². The third-order valence-electron chi connectivity index (χ3n) is 2.74. The smallest absolute Gasteiger partial charge is 0.191 e. The highest BCUT2D eigenvalue weighted by Crippen LogP contribution is 2.20. The first-order valence-electron chi connectivity index (χ1n) is 6.66. The van der Waals surface area contributed by atoms with Gasteiger partial charge in [-0.2, -0.15) is 5.26 Å². The molecule has 22 heavy (non-hydrogen) atoms. The Morgan fingerprint density at radius 3 is 2.95 bits per heavy atom. The van der Waals surface area contributed by atoms with E-state index in [1.807, 2.05) is 4.57 Å². The predicted molar refractivity (Wildman–Crippen MR) is 81.9 cm³/mol. The van der Waals surface area contributed by atoms with E-state index in [0.29, 0.717) is 29.7 Å². The Kier molecular flexibility index (Phi) is 5.98. The lowest BCUT2D eigenvalue weighted by molar-refractivity contribution is 0.275. The van der Waals surface area contributed by atoms with Gasteiger partial charge in [-0.3, -0.25) is 4.57 Å². The third kappa shape index (κ3) is 4.09. The van der Waals surface area contributed by atoms with Crippen LogP contribution in [0.15, 0.2) is 42.1 Å². The first-order valence-corrected chi connectivity index (χ1v) is 7.65. The molecule has 114 valence electrons. The van der Waals surface area contributed by atoms with Crippen LogP contribution in [0.2, 0.25) is 0 Å². The maximum Gasteiger partial charge on any atom is 0.191 e. The number of rotatable bonds is 8. The summed E-state index contributed by atoms with van der Waals surface area (Å²) in [6.45, 7) is 4.35. The van der Waals surface area contributed by atoms with Gasteiger partial charge in [-0.1, -0.05) is 30.0 Å². The van der Waals surface area contributed by atoms with Gasteiger partial charge >= 0.3 is 0 Å². The zero-order valence-electron chi connectivity index (χ0n) is 11.9. The molecule has 0 radical (unpaired) electrons. The van der Waals surface area contributed by atoms with Crippen molar-refractivity contribution < 1.29 is 9.13 Å². The summed E-state index contributed by atoms with van der Waals surface area (Å²) in [5.41, 5.74) is 0. The molecule has 0 amide bonds. The zero-order valence-corrected chi connectivity index (χ0v) is 12.7. The SMILES string of the molecule is C=CCn1c(COc2ccccc2F)nnc1SCCC#N. The van der Waals surface area contributed by atoms with Crippen LogP contribution in [0.4, 0.5) is 4.39 Å². The zero-order chi connectivity index (χ0) is 15.8. The maximum atomic E-state index is 13.5. The fourth-order valence-electron chi connectivity index (χ4n) is 1.74. The maximum absolute atomic E-state index is 13.5. The van der Waals surface area contributed by atoms with Crippen molar-refractivity contribution in [1.29, 1.82) is 5.26 Å². The van der Waals surface area contributed by atoms with Crippen LogP contribution in [0.3, 0.4) is 0 Å². The fraction of sp³-hybridized carbons (Fsp3) is 0.267. The van der Waals surface area contributed by atoms with Crippen LogP contribution in [0.5, 0.6) is 5.75 Å². The van der Waals surface area contributed by atoms with Crippen molar-refractivity contribution in [3.05, 3.63) is 48.6 Å². The van der Waals surface area contributed by atoms with E-state index in [-0.39, 0.29) is 12.4 Å². The van der Waals surface area contributed by atoms with E-state index in [4.69, 9.17) is 10.00 Å². The summed E-state index contributed by atoms with van der Waals surface area (Å²) >= 11 is 1.45. The number of ether oxygens (including phenoxy) is 1. The first-order chi connectivity index (χ1) is 10.8. The van der Waals surface area contributed by atoms with E-state index in [9.17, 15) is 4.39 Å². The molecule has 1 heterocycles. The topological polar surface area (TPSA) is 63.7 Å². The summed E-state index contributed by atoms with van der Waals surface area (Å²) in [5, 5.41) is 17.4. The number of aromatic nitrogens is 3. The lowest BCUT2D eigenvalue weighted by Gasteiger charge is -2.09. The van der Waals surface area contributed by atoms with Gasteiger partial charge in [0.25, 0.3) is 0 Å². The average molecular weight is 318 g/mol. The predicted octanol–water partition coefficient (Wildman–Crippen LogP) is 3.19. The summed E-state index contributed by atoms with van der Waals surface area (Å²) in [7, 11) is 0. The van der Waals surface area contributed by atoms with Crippen molar-refractivity contribution in [2.75, 3.05) is 5.75 Å². The highest BCUT2D eigenvalue weighted by molar-refractivity contribution is 7.99. The Morgan fingerprint density at radius 1 is 1.41 bits per heavy atom. The summed E-state index contributed by atoms with van der Waals surface area (Å²) in [6, 6.07) is 8.29. The minimum absolute atomic E-state index is 0.112. The molecule has 2 rings (SSSR count). The fourth-order valence-corrected chi connectivity index (χ4v) is 2.55. The number of thioether (sulfide) groups is 1. The van der Waals surface area contributed by atoms with Crippen molar-refractivity contribution in [2.45, 2.75) is 24.7 Å². The molecule has 0 unspecified atom stereocenters. The standard InChI is InChI=1S/C15H15FN4OS/c1-2-9-20-14(18-19-15(20)22-10-5-8-17)11-21-13-7-4-3-6-12(13)16/h2-4,6-7H,1,5,9-11H2. The first kappa shape index (κ1) is 16.0. The summed E-state index contributed by atoms with van der Waals surface area (Å²) in [6.07, 6.45) is 2.16. The molecule has 0 aliphatic carbocycles. The number of para-hydroxylation sites is 1. The Hall–Kier alpha value is -2.33. The van der Waals surface area contributed by atoms with E-state index < -0.39 is 5.82 Å². The summed E-state index contributed by atoms with van der Waals surface area (Å²) in [4.78, 5) is 0. The Bertz CT molecular complexity index is 680. The minimum atomic E-state index is -0.416. The lowest BCUT2D eigenvalue weighted by Crippen LogP contribution is -2.08. The molecule has 5 nitrogen and oxygen atoms in total. The van der Waals surface area contributed by atoms with Crippen molar-refractivity contribution >= 4 is 11.8 Å². The molecular weight excluding hydrogens is 303 g/mol. The third-order valence-corrected chi connectivity index (χ3v) is 3.71. The molecule has 0 N–H and O–H groups in total. The molecule has 7 heteroatoms. The van der Waals surface area contributed by atoms with Gasteiger partial charge in [0.2, 0.25) is 0 Å². The second-order valence-corrected chi connectivity index (χ2v) is 5.34. The number of hydrogen-bond donors (Lipinski definition) is 0. The molecule has 0 aliphatic heterocycles. The molecule has 0 atom stereocenters. The van der Waals surface area contributed by atoms with Gasteiger partial charge in [0, 0.05) is 18.7 Å². The van der Waals surface area contributed by atoms with Crippen LogP contribution in [0.25, 0.3) is 0 Å². The number of allylic oxidation sites excluding steroid dienone is 1. The molecular formula is C15H15FN4OS. The molecule has 0 aliphatic rings. The average Bonchev–Trinajstić information content (AvgIpc) is 2.90. The van der Waals surface area contributed by atoms with E-state index in [1.165, 1.54) is 17.8 Å². The Labute approximate surface area is 132 Å². The van der Waals surface area contributed by atoms with Crippen molar-refractivity contribution in [2.24, 2.45) is 0 Å². The van der Waals surface area contributed by atoms with Gasteiger partial charge in [-0.15, -0.1) is 16.8 Å². The highest BCUT2D eigenvalue weighted by atomic mass is 32.2. The Balaban J connectivity index is 2.08. The van der Waals surface area contributed by atoms with Gasteiger partial charge in [0.05, 0.1) is 6.07 Å². The lowest BCUT2D eigenvalue weighted by atomic mass is 10.3. The monoisotopic (exact) mass is 318 g/mol. The molecule has 0 spiro atoms. The second kappa shape index (κ2) is 8.20. The number of nitrogens with zero attached hydrogens (tertiary/aromatic N) is 4. The highest BCUT2D eigenvalue weighted by Gasteiger charge is 2.13. The van der Waals surface area contributed by atoms with Crippen LogP contribution in [-0.4, -0.2) is 20.5 Å². The quantitative estimate of drug-likeness (QED) is 0.425. The van der Waals surface area contributed by atoms with E-state index >= 15 is 0 Å². The van der Waals surface area contributed by atoms with Crippen LogP contribution in [0.1, 0.15) is 12.2 Å². The molecule has 0 saturated heterocycles. The van der Waals surface area contributed by atoms with Gasteiger partial charge in [-0.05, 0) is 12.1 Å².